The van der Waals surface area contributed by atoms with Crippen molar-refractivity contribution < 1.29 is 14.3 Å². The van der Waals surface area contributed by atoms with Crippen LogP contribution in [-0.2, 0) is 10.3 Å². The standard InChI is InChI=1S/C13H13BrClNO3/c1-18-11-8(14)6-9(15)10(12(11)19-2)13(16-7-17)4-3-5-13/h6H,3-5H2,1-2H3. The van der Waals surface area contributed by atoms with E-state index >= 15 is 0 Å². The zero-order valence-electron chi connectivity index (χ0n) is 10.6. The number of hydrogen-bond acceptors (Lipinski definition) is 4. The molecule has 1 saturated carbocycles. The van der Waals surface area contributed by atoms with Gasteiger partial charge < -0.3 is 9.47 Å². The first-order valence-corrected chi connectivity index (χ1v) is 6.96. The van der Waals surface area contributed by atoms with E-state index in [2.05, 4.69) is 20.9 Å². The fourth-order valence-electron chi connectivity index (χ4n) is 2.41. The van der Waals surface area contributed by atoms with Gasteiger partial charge in [-0.2, -0.15) is 4.99 Å². The summed E-state index contributed by atoms with van der Waals surface area (Å²) in [6, 6.07) is 1.73. The fraction of sp³-hybridized carbons (Fsp3) is 0.462. The van der Waals surface area contributed by atoms with Crippen LogP contribution in [0, 0.1) is 0 Å². The Balaban J connectivity index is 2.71. The lowest BCUT2D eigenvalue weighted by Gasteiger charge is -2.38. The molecule has 0 radical (unpaired) electrons. The second kappa shape index (κ2) is 5.53. The van der Waals surface area contributed by atoms with Crippen molar-refractivity contribution in [2.24, 2.45) is 4.99 Å². The van der Waals surface area contributed by atoms with Gasteiger partial charge in [-0.15, -0.1) is 0 Å². The van der Waals surface area contributed by atoms with Gasteiger partial charge in [0.05, 0.1) is 23.7 Å². The van der Waals surface area contributed by atoms with Crippen molar-refractivity contribution in [2.45, 2.75) is 24.8 Å². The molecule has 0 unspecified atom stereocenters. The van der Waals surface area contributed by atoms with E-state index in [0.29, 0.717) is 26.6 Å². The highest BCUT2D eigenvalue weighted by Crippen LogP contribution is 2.54. The molecule has 0 atom stereocenters. The number of isocyanates is 1. The van der Waals surface area contributed by atoms with Gasteiger partial charge >= 0.3 is 0 Å². The van der Waals surface area contributed by atoms with E-state index in [9.17, 15) is 4.79 Å². The average molecular weight is 347 g/mol. The van der Waals surface area contributed by atoms with E-state index in [-0.39, 0.29) is 0 Å². The quantitative estimate of drug-likeness (QED) is 0.615. The first-order chi connectivity index (χ1) is 9.09. The Kier molecular flexibility index (Phi) is 4.19. The predicted octanol–water partition coefficient (Wildman–Crippen LogP) is 3.83. The number of carbonyl (C=O) groups excluding carboxylic acids is 1. The van der Waals surface area contributed by atoms with Crippen LogP contribution in [0.25, 0.3) is 0 Å². The normalized spacial score (nSPS) is 16.2. The fourth-order valence-corrected chi connectivity index (χ4v) is 3.49. The summed E-state index contributed by atoms with van der Waals surface area (Å²) >= 11 is 9.70. The van der Waals surface area contributed by atoms with E-state index in [1.165, 1.54) is 0 Å². The largest absolute Gasteiger partial charge is 0.492 e. The number of methoxy groups -OCH3 is 2. The van der Waals surface area contributed by atoms with Crippen LogP contribution in [0.4, 0.5) is 0 Å². The maximum Gasteiger partial charge on any atom is 0.235 e. The number of benzene rings is 1. The van der Waals surface area contributed by atoms with Gasteiger partial charge in [-0.25, -0.2) is 4.79 Å². The van der Waals surface area contributed by atoms with Gasteiger partial charge in [0.2, 0.25) is 6.08 Å². The van der Waals surface area contributed by atoms with Crippen LogP contribution in [0.15, 0.2) is 15.5 Å². The zero-order chi connectivity index (χ0) is 14.0. The van der Waals surface area contributed by atoms with Crippen LogP contribution in [0.5, 0.6) is 11.5 Å². The molecule has 102 valence electrons. The molecule has 0 spiro atoms. The Morgan fingerprint density at radius 2 is 2.00 bits per heavy atom. The molecule has 1 aliphatic carbocycles. The number of ether oxygens (including phenoxy) is 2. The Hall–Kier alpha value is -1.03. The zero-order valence-corrected chi connectivity index (χ0v) is 13.0. The molecule has 0 aliphatic heterocycles. The number of halogens is 2. The number of aliphatic imine (C=N–C) groups is 1. The Morgan fingerprint density at radius 3 is 2.42 bits per heavy atom. The Labute approximate surface area is 124 Å². The van der Waals surface area contributed by atoms with Gasteiger partial charge in [-0.3, -0.25) is 0 Å². The average Bonchev–Trinajstić information content (AvgIpc) is 2.33. The molecule has 1 aromatic carbocycles. The van der Waals surface area contributed by atoms with Crippen LogP contribution in [0.1, 0.15) is 24.8 Å². The highest BCUT2D eigenvalue weighted by Gasteiger charge is 2.44. The number of rotatable bonds is 4. The molecule has 2 rings (SSSR count). The van der Waals surface area contributed by atoms with E-state index in [4.69, 9.17) is 21.1 Å². The highest BCUT2D eigenvalue weighted by molar-refractivity contribution is 9.10. The summed E-state index contributed by atoms with van der Waals surface area (Å²) in [5.41, 5.74) is 0.0735. The van der Waals surface area contributed by atoms with Gasteiger partial charge in [-0.1, -0.05) is 11.6 Å². The first-order valence-electron chi connectivity index (χ1n) is 5.79. The lowest BCUT2D eigenvalue weighted by Crippen LogP contribution is -2.33. The molecule has 6 heteroatoms. The number of hydrogen-bond donors (Lipinski definition) is 0. The van der Waals surface area contributed by atoms with Crippen LogP contribution < -0.4 is 9.47 Å². The highest BCUT2D eigenvalue weighted by atomic mass is 79.9. The minimum Gasteiger partial charge on any atom is -0.492 e. The molecular weight excluding hydrogens is 334 g/mol. The van der Waals surface area contributed by atoms with E-state index in [1.54, 1.807) is 26.4 Å². The van der Waals surface area contributed by atoms with Crippen molar-refractivity contribution in [1.29, 1.82) is 0 Å². The third-order valence-electron chi connectivity index (χ3n) is 3.46. The summed E-state index contributed by atoms with van der Waals surface area (Å²) < 4.78 is 11.5. The van der Waals surface area contributed by atoms with E-state index in [0.717, 1.165) is 19.3 Å². The van der Waals surface area contributed by atoms with Gasteiger partial charge in [0.1, 0.15) is 5.54 Å². The summed E-state index contributed by atoms with van der Waals surface area (Å²) in [4.78, 5) is 14.7. The summed E-state index contributed by atoms with van der Waals surface area (Å²) in [5, 5.41) is 0.503. The molecule has 1 fully saturated rings. The summed E-state index contributed by atoms with van der Waals surface area (Å²) in [6.45, 7) is 0. The summed E-state index contributed by atoms with van der Waals surface area (Å²) in [5.74, 6) is 1.06. The predicted molar refractivity (Wildman–Crippen MR) is 75.9 cm³/mol. The first kappa shape index (κ1) is 14.4. The van der Waals surface area contributed by atoms with Crippen molar-refractivity contribution in [1.82, 2.24) is 0 Å². The summed E-state index contributed by atoms with van der Waals surface area (Å²) in [7, 11) is 3.10. The smallest absolute Gasteiger partial charge is 0.235 e. The molecule has 0 amide bonds. The van der Waals surface area contributed by atoms with Crippen LogP contribution >= 0.6 is 27.5 Å². The van der Waals surface area contributed by atoms with Gasteiger partial charge in [0.25, 0.3) is 0 Å². The van der Waals surface area contributed by atoms with Crippen molar-refractivity contribution in [3.8, 4) is 11.5 Å². The second-order valence-electron chi connectivity index (χ2n) is 4.37. The van der Waals surface area contributed by atoms with Crippen LogP contribution in [-0.4, -0.2) is 20.3 Å². The molecule has 0 heterocycles. The maximum absolute atomic E-state index is 10.7. The molecule has 4 nitrogen and oxygen atoms in total. The molecular formula is C13H13BrClNO3. The van der Waals surface area contributed by atoms with Gasteiger partial charge in [0, 0.05) is 5.56 Å². The third-order valence-corrected chi connectivity index (χ3v) is 4.34. The molecule has 19 heavy (non-hydrogen) atoms. The monoisotopic (exact) mass is 345 g/mol. The molecule has 1 aliphatic rings. The molecule has 0 N–H and O–H groups in total. The molecule has 0 saturated heterocycles. The lowest BCUT2D eigenvalue weighted by atomic mass is 9.72. The number of nitrogens with zero attached hydrogens (tertiary/aromatic N) is 1. The van der Waals surface area contributed by atoms with Crippen molar-refractivity contribution in [3.63, 3.8) is 0 Å². The minimum atomic E-state index is -0.627. The van der Waals surface area contributed by atoms with Crippen molar-refractivity contribution in [2.75, 3.05) is 14.2 Å². The third kappa shape index (κ3) is 2.27. The van der Waals surface area contributed by atoms with Crippen molar-refractivity contribution >= 4 is 33.6 Å². The van der Waals surface area contributed by atoms with E-state index in [1.807, 2.05) is 0 Å². The lowest BCUT2D eigenvalue weighted by molar-refractivity contribution is 0.242. The SMILES string of the molecule is COc1c(Br)cc(Cl)c(C2(N=C=O)CCC2)c1OC. The van der Waals surface area contributed by atoms with Crippen molar-refractivity contribution in [3.05, 3.63) is 21.1 Å². The molecule has 0 bridgehead atoms. The van der Waals surface area contributed by atoms with Gasteiger partial charge in [0.15, 0.2) is 11.5 Å². The minimum absolute atomic E-state index is 0.503. The summed E-state index contributed by atoms with van der Waals surface area (Å²) in [6.07, 6.45) is 4.14. The molecule has 0 aromatic heterocycles. The van der Waals surface area contributed by atoms with Gasteiger partial charge in [-0.05, 0) is 41.3 Å². The molecule has 1 aromatic rings. The van der Waals surface area contributed by atoms with Crippen LogP contribution in [0.3, 0.4) is 0 Å². The maximum atomic E-state index is 10.7. The second-order valence-corrected chi connectivity index (χ2v) is 5.63. The Bertz CT molecular complexity index is 551. The Morgan fingerprint density at radius 1 is 1.37 bits per heavy atom. The van der Waals surface area contributed by atoms with E-state index < -0.39 is 5.54 Å². The topological polar surface area (TPSA) is 47.9 Å². The van der Waals surface area contributed by atoms with Crippen LogP contribution in [0.2, 0.25) is 5.02 Å².